The maximum absolute atomic E-state index is 8.64. The zero-order chi connectivity index (χ0) is 12.6. The Morgan fingerprint density at radius 1 is 1.17 bits per heavy atom. The molecule has 18 heavy (non-hydrogen) atoms. The van der Waals surface area contributed by atoms with E-state index < -0.39 is 0 Å². The number of hydrogen-bond acceptors (Lipinski definition) is 3. The SMILES string of the molecule is OCC#Cc1cccc(OCc2ccccn2)c1. The average molecular weight is 239 g/mol. The molecule has 1 aromatic heterocycles. The number of benzene rings is 1. The van der Waals surface area contributed by atoms with E-state index in [9.17, 15) is 0 Å². The van der Waals surface area contributed by atoms with E-state index in [1.807, 2.05) is 42.5 Å². The predicted octanol–water partition coefficient (Wildman–Crippen LogP) is 2.00. The number of hydrogen-bond donors (Lipinski definition) is 1. The fourth-order valence-corrected chi connectivity index (χ4v) is 1.45. The van der Waals surface area contributed by atoms with Crippen molar-refractivity contribution in [1.29, 1.82) is 0 Å². The molecule has 1 N–H and O–H groups in total. The highest BCUT2D eigenvalue weighted by atomic mass is 16.5. The Morgan fingerprint density at radius 2 is 2.11 bits per heavy atom. The van der Waals surface area contributed by atoms with E-state index in [2.05, 4.69) is 16.8 Å². The number of rotatable bonds is 3. The zero-order valence-corrected chi connectivity index (χ0v) is 9.84. The summed E-state index contributed by atoms with van der Waals surface area (Å²) in [4.78, 5) is 4.18. The van der Waals surface area contributed by atoms with Gasteiger partial charge in [0.1, 0.15) is 19.0 Å². The van der Waals surface area contributed by atoms with Crippen molar-refractivity contribution in [2.75, 3.05) is 6.61 Å². The van der Waals surface area contributed by atoms with E-state index in [4.69, 9.17) is 9.84 Å². The molecular weight excluding hydrogens is 226 g/mol. The Labute approximate surface area is 106 Å². The summed E-state index contributed by atoms with van der Waals surface area (Å²) in [6.45, 7) is 0.288. The third-order valence-electron chi connectivity index (χ3n) is 2.26. The van der Waals surface area contributed by atoms with Crippen molar-refractivity contribution in [2.24, 2.45) is 0 Å². The highest BCUT2D eigenvalue weighted by molar-refractivity contribution is 5.39. The Bertz CT molecular complexity index is 555. The molecule has 0 bridgehead atoms. The second-order valence-electron chi connectivity index (χ2n) is 3.60. The van der Waals surface area contributed by atoms with Crippen molar-refractivity contribution in [1.82, 2.24) is 4.98 Å². The predicted molar refractivity (Wildman–Crippen MR) is 69.0 cm³/mol. The van der Waals surface area contributed by atoms with Gasteiger partial charge in [-0.3, -0.25) is 4.98 Å². The summed E-state index contributed by atoms with van der Waals surface area (Å²) in [5, 5.41) is 8.64. The zero-order valence-electron chi connectivity index (χ0n) is 9.84. The minimum Gasteiger partial charge on any atom is -0.487 e. The van der Waals surface area contributed by atoms with Crippen LogP contribution in [0.3, 0.4) is 0 Å². The molecule has 3 heteroatoms. The fourth-order valence-electron chi connectivity index (χ4n) is 1.45. The second-order valence-corrected chi connectivity index (χ2v) is 3.60. The molecule has 0 saturated heterocycles. The van der Waals surface area contributed by atoms with Crippen molar-refractivity contribution in [2.45, 2.75) is 6.61 Å². The second kappa shape index (κ2) is 6.43. The first kappa shape index (κ1) is 12.2. The van der Waals surface area contributed by atoms with E-state index in [0.29, 0.717) is 6.61 Å². The molecule has 2 aromatic rings. The highest BCUT2D eigenvalue weighted by Crippen LogP contribution is 2.13. The lowest BCUT2D eigenvalue weighted by Gasteiger charge is -2.05. The van der Waals surface area contributed by atoms with Gasteiger partial charge in [0.2, 0.25) is 0 Å². The number of nitrogens with zero attached hydrogens (tertiary/aromatic N) is 1. The minimum absolute atomic E-state index is 0.140. The quantitative estimate of drug-likeness (QED) is 0.833. The number of aliphatic hydroxyl groups is 1. The van der Waals surface area contributed by atoms with Crippen molar-refractivity contribution in [3.05, 3.63) is 59.9 Å². The van der Waals surface area contributed by atoms with Gasteiger partial charge in [0.25, 0.3) is 0 Å². The van der Waals surface area contributed by atoms with Crippen LogP contribution in [0.15, 0.2) is 48.7 Å². The normalized spacial score (nSPS) is 9.39. The molecule has 0 unspecified atom stereocenters. The van der Waals surface area contributed by atoms with Crippen LogP contribution < -0.4 is 4.74 Å². The molecule has 0 spiro atoms. The average Bonchev–Trinajstić information content (AvgIpc) is 2.44. The van der Waals surface area contributed by atoms with Gasteiger partial charge in [-0.1, -0.05) is 24.0 Å². The van der Waals surface area contributed by atoms with Crippen LogP contribution in [0, 0.1) is 11.8 Å². The lowest BCUT2D eigenvalue weighted by Crippen LogP contribution is -1.97. The number of pyridine rings is 1. The van der Waals surface area contributed by atoms with Gasteiger partial charge in [-0.15, -0.1) is 0 Å². The van der Waals surface area contributed by atoms with Crippen LogP contribution in [0.2, 0.25) is 0 Å². The molecule has 0 aliphatic rings. The van der Waals surface area contributed by atoms with Crippen molar-refractivity contribution in [3.63, 3.8) is 0 Å². The van der Waals surface area contributed by atoms with E-state index in [1.54, 1.807) is 6.20 Å². The van der Waals surface area contributed by atoms with Crippen LogP contribution >= 0.6 is 0 Å². The first-order valence-electron chi connectivity index (χ1n) is 5.61. The van der Waals surface area contributed by atoms with Crippen LogP contribution in [-0.2, 0) is 6.61 Å². The molecule has 0 aliphatic carbocycles. The lowest BCUT2D eigenvalue weighted by atomic mass is 10.2. The number of ether oxygens (including phenoxy) is 1. The van der Waals surface area contributed by atoms with E-state index in [0.717, 1.165) is 17.0 Å². The van der Waals surface area contributed by atoms with Crippen molar-refractivity contribution in [3.8, 4) is 17.6 Å². The van der Waals surface area contributed by atoms with Crippen LogP contribution in [0.1, 0.15) is 11.3 Å². The lowest BCUT2D eigenvalue weighted by molar-refractivity contribution is 0.301. The largest absolute Gasteiger partial charge is 0.487 e. The third-order valence-corrected chi connectivity index (χ3v) is 2.26. The van der Waals surface area contributed by atoms with E-state index >= 15 is 0 Å². The highest BCUT2D eigenvalue weighted by Gasteiger charge is 1.97. The molecule has 1 aromatic carbocycles. The summed E-state index contributed by atoms with van der Waals surface area (Å²) >= 11 is 0. The van der Waals surface area contributed by atoms with Gasteiger partial charge in [0.05, 0.1) is 5.69 Å². The molecule has 0 saturated carbocycles. The van der Waals surface area contributed by atoms with Gasteiger partial charge >= 0.3 is 0 Å². The molecule has 0 aliphatic heterocycles. The molecular formula is C15H13NO2. The van der Waals surface area contributed by atoms with Crippen molar-refractivity contribution >= 4 is 0 Å². The Hall–Kier alpha value is -2.31. The molecule has 0 atom stereocenters. The standard InChI is InChI=1S/C15H13NO2/c17-10-4-6-13-5-3-8-15(11-13)18-12-14-7-1-2-9-16-14/h1-3,5,7-9,11,17H,10,12H2. The summed E-state index contributed by atoms with van der Waals surface area (Å²) in [5.74, 6) is 6.18. The van der Waals surface area contributed by atoms with Gasteiger partial charge in [-0.05, 0) is 30.3 Å². The van der Waals surface area contributed by atoms with Crippen LogP contribution in [0.4, 0.5) is 0 Å². The van der Waals surface area contributed by atoms with Crippen LogP contribution in [0.5, 0.6) is 5.75 Å². The Kier molecular flexibility index (Phi) is 4.34. The Morgan fingerprint density at radius 3 is 2.89 bits per heavy atom. The number of aliphatic hydroxyl groups excluding tert-OH is 1. The first-order valence-corrected chi connectivity index (χ1v) is 5.61. The van der Waals surface area contributed by atoms with Crippen LogP contribution in [-0.4, -0.2) is 16.7 Å². The fraction of sp³-hybridized carbons (Fsp3) is 0.133. The summed E-state index contributed by atoms with van der Waals surface area (Å²) in [7, 11) is 0. The Balaban J connectivity index is 2.01. The van der Waals surface area contributed by atoms with Gasteiger partial charge in [0.15, 0.2) is 0 Å². The summed E-state index contributed by atoms with van der Waals surface area (Å²) in [6.07, 6.45) is 1.74. The molecule has 0 fully saturated rings. The third kappa shape index (κ3) is 3.62. The van der Waals surface area contributed by atoms with Crippen LogP contribution in [0.25, 0.3) is 0 Å². The monoisotopic (exact) mass is 239 g/mol. The number of aromatic nitrogens is 1. The molecule has 1 heterocycles. The van der Waals surface area contributed by atoms with E-state index in [-0.39, 0.29) is 6.61 Å². The van der Waals surface area contributed by atoms with Gasteiger partial charge in [-0.25, -0.2) is 0 Å². The molecule has 90 valence electrons. The van der Waals surface area contributed by atoms with Gasteiger partial charge < -0.3 is 9.84 Å². The minimum atomic E-state index is -0.140. The maximum atomic E-state index is 8.64. The van der Waals surface area contributed by atoms with Gasteiger partial charge in [0, 0.05) is 11.8 Å². The van der Waals surface area contributed by atoms with Gasteiger partial charge in [-0.2, -0.15) is 0 Å². The molecule has 3 nitrogen and oxygen atoms in total. The summed E-state index contributed by atoms with van der Waals surface area (Å²) in [6, 6.07) is 13.2. The molecule has 0 radical (unpaired) electrons. The summed E-state index contributed by atoms with van der Waals surface area (Å²) in [5.41, 5.74) is 1.70. The summed E-state index contributed by atoms with van der Waals surface area (Å²) < 4.78 is 5.62. The van der Waals surface area contributed by atoms with Crippen molar-refractivity contribution < 1.29 is 9.84 Å². The first-order chi connectivity index (χ1) is 8.88. The molecule has 0 amide bonds. The van der Waals surface area contributed by atoms with E-state index in [1.165, 1.54) is 0 Å². The maximum Gasteiger partial charge on any atom is 0.130 e. The topological polar surface area (TPSA) is 42.4 Å². The molecule has 2 rings (SSSR count). The smallest absolute Gasteiger partial charge is 0.130 e.